The standard InChI is InChI=1S/C17H25SSi.Li/c1-12(2)19(13(3)4,14(5)6)17-11-15-9-7-8-10-16(15)18-17;/h7-10,12-14H,1-6H3;/q-1;+1. The van der Waals surface area contributed by atoms with Gasteiger partial charge in [-0.15, -0.1) is 12.1 Å². The Morgan fingerprint density at radius 2 is 1.40 bits per heavy atom. The van der Waals surface area contributed by atoms with Crippen LogP contribution in [0.15, 0.2) is 24.3 Å². The van der Waals surface area contributed by atoms with Crippen LogP contribution in [0.3, 0.4) is 0 Å². The topological polar surface area (TPSA) is 0 Å². The maximum absolute atomic E-state index is 3.76. The van der Waals surface area contributed by atoms with Crippen LogP contribution in [0, 0.1) is 6.07 Å². The van der Waals surface area contributed by atoms with Gasteiger partial charge in [0.1, 0.15) is 0 Å². The van der Waals surface area contributed by atoms with Crippen LogP contribution in [-0.2, 0) is 0 Å². The summed E-state index contributed by atoms with van der Waals surface area (Å²) >= 11 is 2.00. The normalized spacial score (nSPS) is 12.4. The first-order valence-corrected chi connectivity index (χ1v) is 10.4. The van der Waals surface area contributed by atoms with E-state index in [1.807, 2.05) is 11.3 Å². The van der Waals surface area contributed by atoms with Crippen molar-refractivity contribution in [2.75, 3.05) is 0 Å². The first-order valence-electron chi connectivity index (χ1n) is 7.32. The van der Waals surface area contributed by atoms with Gasteiger partial charge in [0.05, 0.1) is 8.07 Å². The molecule has 20 heavy (non-hydrogen) atoms. The first kappa shape index (κ1) is 18.0. The fourth-order valence-electron chi connectivity index (χ4n) is 3.90. The van der Waals surface area contributed by atoms with E-state index in [1.54, 1.807) is 4.50 Å². The summed E-state index contributed by atoms with van der Waals surface area (Å²) in [5.74, 6) is 0. The van der Waals surface area contributed by atoms with Crippen LogP contribution >= 0.6 is 11.3 Å². The predicted octanol–water partition coefficient (Wildman–Crippen LogP) is 2.59. The van der Waals surface area contributed by atoms with Gasteiger partial charge in [-0.2, -0.15) is 17.5 Å². The molecule has 0 aliphatic carbocycles. The van der Waals surface area contributed by atoms with Gasteiger partial charge in [0, 0.05) is 0 Å². The minimum Gasteiger partial charge on any atom is -0.227 e. The summed E-state index contributed by atoms with van der Waals surface area (Å²) in [5, 5.41) is 1.31. The van der Waals surface area contributed by atoms with Crippen molar-refractivity contribution in [1.29, 1.82) is 0 Å². The largest absolute Gasteiger partial charge is 1.00 e. The summed E-state index contributed by atoms with van der Waals surface area (Å²) in [6, 6.07) is 12.5. The van der Waals surface area contributed by atoms with Crippen LogP contribution in [-0.4, -0.2) is 8.07 Å². The van der Waals surface area contributed by atoms with E-state index >= 15 is 0 Å². The van der Waals surface area contributed by atoms with Gasteiger partial charge in [-0.05, 0) is 16.6 Å². The predicted molar refractivity (Wildman–Crippen MR) is 91.3 cm³/mol. The van der Waals surface area contributed by atoms with Crippen LogP contribution in [0.1, 0.15) is 41.5 Å². The van der Waals surface area contributed by atoms with E-state index in [4.69, 9.17) is 0 Å². The smallest absolute Gasteiger partial charge is 0.227 e. The van der Waals surface area contributed by atoms with Gasteiger partial charge in [-0.3, -0.25) is 0 Å². The zero-order valence-electron chi connectivity index (χ0n) is 13.9. The van der Waals surface area contributed by atoms with Crippen molar-refractivity contribution in [2.45, 2.75) is 58.2 Å². The molecule has 0 nitrogen and oxygen atoms in total. The van der Waals surface area contributed by atoms with Gasteiger partial charge >= 0.3 is 18.9 Å². The van der Waals surface area contributed by atoms with Crippen molar-refractivity contribution in [1.82, 2.24) is 0 Å². The quantitative estimate of drug-likeness (QED) is 0.601. The van der Waals surface area contributed by atoms with Crippen LogP contribution in [0.5, 0.6) is 0 Å². The number of hydrogen-bond donors (Lipinski definition) is 0. The van der Waals surface area contributed by atoms with Gasteiger partial charge in [0.2, 0.25) is 0 Å². The number of benzene rings is 1. The summed E-state index contributed by atoms with van der Waals surface area (Å²) in [6.45, 7) is 14.5. The van der Waals surface area contributed by atoms with Gasteiger partial charge in [-0.1, -0.05) is 56.8 Å². The molecule has 1 aromatic heterocycles. The molecule has 0 bridgehead atoms. The zero-order chi connectivity index (χ0) is 14.2. The Kier molecular flexibility index (Phi) is 6.17. The molecule has 1 heterocycles. The maximum atomic E-state index is 3.76. The summed E-state index contributed by atoms with van der Waals surface area (Å²) in [6.07, 6.45) is 0. The Bertz CT molecular complexity index is 502. The molecular formula is C17H25LiSSi. The van der Waals surface area contributed by atoms with Crippen molar-refractivity contribution < 1.29 is 18.9 Å². The summed E-state index contributed by atoms with van der Waals surface area (Å²) in [7, 11) is -1.52. The Balaban J connectivity index is 0.00000200. The van der Waals surface area contributed by atoms with Crippen LogP contribution in [0.25, 0.3) is 10.1 Å². The first-order chi connectivity index (χ1) is 8.90. The molecule has 3 heteroatoms. The van der Waals surface area contributed by atoms with Crippen molar-refractivity contribution >= 4 is 34.0 Å². The minimum absolute atomic E-state index is 0. The fourth-order valence-corrected chi connectivity index (χ4v) is 13.7. The molecular weight excluding hydrogens is 271 g/mol. The molecule has 0 N–H and O–H groups in total. The second kappa shape index (κ2) is 6.84. The molecule has 0 saturated heterocycles. The number of hydrogen-bond acceptors (Lipinski definition) is 1. The Hall–Kier alpha value is -0.00571. The molecule has 0 aliphatic rings. The Morgan fingerprint density at radius 3 is 1.85 bits per heavy atom. The average Bonchev–Trinajstić information content (AvgIpc) is 2.71. The monoisotopic (exact) mass is 296 g/mol. The third kappa shape index (κ3) is 2.81. The summed E-state index contributed by atoms with van der Waals surface area (Å²) in [5.41, 5.74) is 2.28. The van der Waals surface area contributed by atoms with E-state index in [0.29, 0.717) is 0 Å². The van der Waals surface area contributed by atoms with Crippen molar-refractivity contribution in [3.63, 3.8) is 0 Å². The maximum Gasteiger partial charge on any atom is 1.00 e. The molecule has 0 aliphatic heterocycles. The van der Waals surface area contributed by atoms with Crippen LogP contribution < -0.4 is 23.4 Å². The van der Waals surface area contributed by atoms with Crippen molar-refractivity contribution in [3.8, 4) is 0 Å². The minimum atomic E-state index is -1.52. The third-order valence-corrected chi connectivity index (χ3v) is 13.5. The van der Waals surface area contributed by atoms with Gasteiger partial charge < -0.3 is 0 Å². The molecule has 1 aromatic carbocycles. The van der Waals surface area contributed by atoms with Crippen LogP contribution in [0.2, 0.25) is 16.6 Å². The number of fused-ring (bicyclic) bond motifs is 1. The molecule has 104 valence electrons. The van der Waals surface area contributed by atoms with Gasteiger partial charge in [0.25, 0.3) is 0 Å². The molecule has 0 fully saturated rings. The summed E-state index contributed by atoms with van der Waals surface area (Å²) < 4.78 is 2.98. The van der Waals surface area contributed by atoms with Gasteiger partial charge in [0.15, 0.2) is 0 Å². The Morgan fingerprint density at radius 1 is 0.900 bits per heavy atom. The summed E-state index contributed by atoms with van der Waals surface area (Å²) in [4.78, 5) is 0. The number of thiophene rings is 1. The Labute approximate surface area is 141 Å². The molecule has 0 amide bonds. The van der Waals surface area contributed by atoms with E-state index in [0.717, 1.165) is 16.6 Å². The average molecular weight is 296 g/mol. The third-order valence-electron chi connectivity index (χ3n) is 4.61. The van der Waals surface area contributed by atoms with E-state index in [-0.39, 0.29) is 18.9 Å². The van der Waals surface area contributed by atoms with Crippen LogP contribution in [0.4, 0.5) is 0 Å². The molecule has 0 radical (unpaired) electrons. The molecule has 0 unspecified atom stereocenters. The fraction of sp³-hybridized carbons (Fsp3) is 0.529. The number of rotatable bonds is 4. The SMILES string of the molecule is CC(C)[Si](c1[c-]c2ccccc2s1)(C(C)C)C(C)C.[Li+]. The molecule has 0 spiro atoms. The second-order valence-electron chi connectivity index (χ2n) is 6.45. The molecule has 2 aromatic rings. The second-order valence-corrected chi connectivity index (χ2v) is 13.7. The molecule has 0 saturated carbocycles. The molecule has 0 atom stereocenters. The van der Waals surface area contributed by atoms with E-state index in [9.17, 15) is 0 Å². The van der Waals surface area contributed by atoms with E-state index in [2.05, 4.69) is 71.9 Å². The van der Waals surface area contributed by atoms with E-state index < -0.39 is 8.07 Å². The van der Waals surface area contributed by atoms with E-state index in [1.165, 1.54) is 10.1 Å². The molecule has 2 rings (SSSR count). The van der Waals surface area contributed by atoms with Gasteiger partial charge in [-0.25, -0.2) is 11.3 Å². The zero-order valence-corrected chi connectivity index (χ0v) is 15.8. The van der Waals surface area contributed by atoms with Crippen molar-refractivity contribution in [3.05, 3.63) is 30.3 Å². The van der Waals surface area contributed by atoms with Crippen molar-refractivity contribution in [2.24, 2.45) is 0 Å².